The van der Waals surface area contributed by atoms with E-state index in [-0.39, 0.29) is 22.9 Å². The normalized spacial score (nSPS) is 14.3. The number of furan rings is 1. The molecule has 0 unspecified atom stereocenters. The lowest BCUT2D eigenvalue weighted by Crippen LogP contribution is -2.48. The van der Waals surface area contributed by atoms with Crippen molar-refractivity contribution in [2.24, 2.45) is 7.05 Å². The maximum absolute atomic E-state index is 14.9. The number of carbonyl (C=O) groups is 1. The fourth-order valence-corrected chi connectivity index (χ4v) is 5.56. The van der Waals surface area contributed by atoms with Gasteiger partial charge in [-0.3, -0.25) is 18.8 Å². The molecular weight excluding hydrogens is 588 g/mol. The number of aromatic nitrogens is 6. The van der Waals surface area contributed by atoms with E-state index in [1.807, 2.05) is 23.9 Å². The standard InChI is InChI=1S/C29H35F2N11O3/c1-36(2)7-8-37(3)27(43)18-16-21(20(31)17-19(18)30)40-12-9-39(10-13-40)11-14-41-25-23(38(4)29(41)44)26-33-24(22-6-5-15-45-22)35-42(26)28(32)34-25/h5-6,15-17H,7-14H2,1-4H3,(H2,32,34). The maximum atomic E-state index is 14.9. The Morgan fingerprint density at radius 1 is 1.02 bits per heavy atom. The molecule has 4 aromatic heterocycles. The Kier molecular flexibility index (Phi) is 8.01. The molecule has 5 aromatic rings. The largest absolute Gasteiger partial charge is 0.461 e. The molecular formula is C29H35F2N11O3. The number of nitrogens with zero attached hydrogens (tertiary/aromatic N) is 10. The number of hydrogen-bond donors (Lipinski definition) is 1. The highest BCUT2D eigenvalue weighted by atomic mass is 19.1. The molecule has 16 heteroatoms. The molecule has 45 heavy (non-hydrogen) atoms. The van der Waals surface area contributed by atoms with Crippen molar-refractivity contribution >= 4 is 34.4 Å². The van der Waals surface area contributed by atoms with Crippen molar-refractivity contribution in [3.63, 3.8) is 0 Å². The molecule has 0 aliphatic carbocycles. The Balaban J connectivity index is 1.16. The zero-order valence-electron chi connectivity index (χ0n) is 25.6. The van der Waals surface area contributed by atoms with Gasteiger partial charge in [0.15, 0.2) is 17.1 Å². The van der Waals surface area contributed by atoms with Gasteiger partial charge in [0.05, 0.1) is 17.5 Å². The lowest BCUT2D eigenvalue weighted by molar-refractivity contribution is 0.0781. The average molecular weight is 624 g/mol. The van der Waals surface area contributed by atoms with Crippen LogP contribution in [0.15, 0.2) is 39.7 Å². The van der Waals surface area contributed by atoms with Crippen LogP contribution in [0.3, 0.4) is 0 Å². The van der Waals surface area contributed by atoms with E-state index in [2.05, 4.69) is 20.0 Å². The number of imidazole rings is 1. The summed E-state index contributed by atoms with van der Waals surface area (Å²) < 4.78 is 39.4. The van der Waals surface area contributed by atoms with Gasteiger partial charge in [0.1, 0.15) is 17.2 Å². The highest BCUT2D eigenvalue weighted by molar-refractivity contribution is 5.95. The lowest BCUT2D eigenvalue weighted by Gasteiger charge is -2.36. The third-order valence-corrected chi connectivity index (χ3v) is 8.17. The fraction of sp³-hybridized carbons (Fsp3) is 0.414. The second-order valence-electron chi connectivity index (χ2n) is 11.4. The van der Waals surface area contributed by atoms with Gasteiger partial charge in [-0.15, -0.1) is 5.10 Å². The minimum absolute atomic E-state index is 0.0823. The van der Waals surface area contributed by atoms with Gasteiger partial charge in [-0.2, -0.15) is 9.50 Å². The van der Waals surface area contributed by atoms with Crippen LogP contribution in [0.25, 0.3) is 28.4 Å². The van der Waals surface area contributed by atoms with Crippen LogP contribution >= 0.6 is 0 Å². The topological polar surface area (TPSA) is 139 Å². The highest BCUT2D eigenvalue weighted by Crippen LogP contribution is 2.26. The molecule has 2 N–H and O–H groups in total. The SMILES string of the molecule is CN(C)CCN(C)C(=O)c1cc(N2CCN(CCn3c(=O)n(C)c4c3nc(N)n3nc(-c5ccco5)nc43)CC2)c(F)cc1F. The molecule has 1 aromatic carbocycles. The van der Waals surface area contributed by atoms with E-state index in [4.69, 9.17) is 10.2 Å². The summed E-state index contributed by atoms with van der Waals surface area (Å²) in [7, 11) is 7.02. The Labute approximate surface area is 256 Å². The third kappa shape index (κ3) is 5.62. The summed E-state index contributed by atoms with van der Waals surface area (Å²) in [6.45, 7) is 3.94. The molecule has 1 aliphatic rings. The van der Waals surface area contributed by atoms with Crippen LogP contribution in [0, 0.1) is 11.6 Å². The first-order valence-corrected chi connectivity index (χ1v) is 14.6. The number of anilines is 2. The second kappa shape index (κ2) is 11.9. The van der Waals surface area contributed by atoms with Gasteiger partial charge in [-0.05, 0) is 32.3 Å². The molecule has 1 saturated heterocycles. The Morgan fingerprint density at radius 2 is 1.78 bits per heavy atom. The average Bonchev–Trinajstić information content (AvgIpc) is 3.75. The van der Waals surface area contributed by atoms with E-state index in [0.717, 1.165) is 6.07 Å². The number of hydrogen-bond acceptors (Lipinski definition) is 10. The lowest BCUT2D eigenvalue weighted by atomic mass is 10.1. The van der Waals surface area contributed by atoms with Gasteiger partial charge in [0, 0.05) is 72.5 Å². The van der Waals surface area contributed by atoms with Crippen molar-refractivity contribution in [2.45, 2.75) is 6.54 Å². The number of piperazine rings is 1. The first-order chi connectivity index (χ1) is 21.5. The van der Waals surface area contributed by atoms with Gasteiger partial charge in [-0.1, -0.05) is 0 Å². The van der Waals surface area contributed by atoms with Crippen LogP contribution in [0.1, 0.15) is 10.4 Å². The molecule has 1 fully saturated rings. The zero-order valence-corrected chi connectivity index (χ0v) is 25.6. The molecule has 0 radical (unpaired) electrons. The molecule has 5 heterocycles. The quantitative estimate of drug-likeness (QED) is 0.256. The second-order valence-corrected chi connectivity index (χ2v) is 11.4. The summed E-state index contributed by atoms with van der Waals surface area (Å²) in [5.41, 5.74) is 7.26. The maximum Gasteiger partial charge on any atom is 0.330 e. The van der Waals surface area contributed by atoms with Crippen LogP contribution < -0.4 is 16.3 Å². The molecule has 0 saturated carbocycles. The highest BCUT2D eigenvalue weighted by Gasteiger charge is 2.26. The summed E-state index contributed by atoms with van der Waals surface area (Å²) >= 11 is 0. The van der Waals surface area contributed by atoms with E-state index < -0.39 is 17.5 Å². The van der Waals surface area contributed by atoms with Crippen molar-refractivity contribution in [1.29, 1.82) is 0 Å². The van der Waals surface area contributed by atoms with E-state index in [1.165, 1.54) is 26.3 Å². The Bertz CT molecular complexity index is 1920. The van der Waals surface area contributed by atoms with Gasteiger partial charge in [0.25, 0.3) is 5.91 Å². The summed E-state index contributed by atoms with van der Waals surface area (Å²) in [5.74, 6) is -1.22. The van der Waals surface area contributed by atoms with E-state index in [9.17, 15) is 18.4 Å². The van der Waals surface area contributed by atoms with Crippen LogP contribution in [-0.2, 0) is 13.6 Å². The summed E-state index contributed by atoms with van der Waals surface area (Å²) in [6, 6.07) is 5.55. The van der Waals surface area contributed by atoms with E-state index in [0.29, 0.717) is 80.8 Å². The summed E-state index contributed by atoms with van der Waals surface area (Å²) in [5, 5.41) is 4.40. The predicted molar refractivity (Wildman–Crippen MR) is 164 cm³/mol. The minimum Gasteiger partial charge on any atom is -0.461 e. The zero-order chi connectivity index (χ0) is 32.0. The van der Waals surface area contributed by atoms with Gasteiger partial charge in [-0.25, -0.2) is 18.6 Å². The number of halogens is 2. The summed E-state index contributed by atoms with van der Waals surface area (Å²) in [4.78, 5) is 42.6. The molecule has 14 nitrogen and oxygen atoms in total. The number of amides is 1. The molecule has 0 atom stereocenters. The molecule has 238 valence electrons. The number of likely N-dealkylation sites (N-methyl/N-ethyl adjacent to an activating group) is 2. The Hall–Kier alpha value is -4.83. The number of benzene rings is 1. The van der Waals surface area contributed by atoms with Gasteiger partial charge in [0.2, 0.25) is 11.8 Å². The molecule has 1 amide bonds. The van der Waals surface area contributed by atoms with Gasteiger partial charge >= 0.3 is 5.69 Å². The van der Waals surface area contributed by atoms with Crippen molar-refractivity contribution in [3.05, 3.63) is 58.2 Å². The van der Waals surface area contributed by atoms with Crippen molar-refractivity contribution < 1.29 is 18.0 Å². The van der Waals surface area contributed by atoms with E-state index in [1.54, 1.807) is 30.8 Å². The van der Waals surface area contributed by atoms with Crippen LogP contribution in [0.4, 0.5) is 20.4 Å². The monoisotopic (exact) mass is 623 g/mol. The number of carbonyl (C=O) groups excluding carboxylic acids is 1. The minimum atomic E-state index is -0.882. The smallest absolute Gasteiger partial charge is 0.330 e. The van der Waals surface area contributed by atoms with Crippen molar-refractivity contribution in [2.75, 3.05) is 77.6 Å². The molecule has 6 rings (SSSR count). The third-order valence-electron chi connectivity index (χ3n) is 8.17. The molecule has 0 spiro atoms. The molecule has 0 bridgehead atoms. The van der Waals surface area contributed by atoms with Gasteiger partial charge < -0.3 is 24.9 Å². The number of rotatable bonds is 9. The predicted octanol–water partition coefficient (Wildman–Crippen LogP) is 1.35. The number of fused-ring (bicyclic) bond motifs is 3. The number of nitrogens with two attached hydrogens (primary N) is 1. The number of nitrogen functional groups attached to an aromatic ring is 1. The first kappa shape index (κ1) is 30.2. The van der Waals surface area contributed by atoms with Crippen LogP contribution in [0.2, 0.25) is 0 Å². The number of aryl methyl sites for hydroxylation is 1. The fourth-order valence-electron chi connectivity index (χ4n) is 5.56. The Morgan fingerprint density at radius 3 is 2.47 bits per heavy atom. The van der Waals surface area contributed by atoms with E-state index >= 15 is 0 Å². The van der Waals surface area contributed by atoms with Crippen molar-refractivity contribution in [1.82, 2.24) is 43.4 Å². The first-order valence-electron chi connectivity index (χ1n) is 14.6. The van der Waals surface area contributed by atoms with Crippen LogP contribution in [-0.4, -0.2) is 116 Å². The van der Waals surface area contributed by atoms with Crippen molar-refractivity contribution in [3.8, 4) is 11.6 Å². The molecule has 1 aliphatic heterocycles. The summed E-state index contributed by atoms with van der Waals surface area (Å²) in [6.07, 6.45) is 1.52. The van der Waals surface area contributed by atoms with Crippen LogP contribution in [0.5, 0.6) is 0 Å².